The highest BCUT2D eigenvalue weighted by Gasteiger charge is 2.33. The van der Waals surface area contributed by atoms with Crippen LogP contribution < -0.4 is 14.2 Å². The minimum Gasteiger partial charge on any atom is -0.493 e. The Labute approximate surface area is 187 Å². The first-order chi connectivity index (χ1) is 15.6. The van der Waals surface area contributed by atoms with Crippen LogP contribution in [0.4, 0.5) is 4.39 Å². The second kappa shape index (κ2) is 9.73. The van der Waals surface area contributed by atoms with Crippen LogP contribution >= 0.6 is 0 Å². The van der Waals surface area contributed by atoms with Gasteiger partial charge in [0.1, 0.15) is 0 Å². The fourth-order valence-corrected chi connectivity index (χ4v) is 4.16. The maximum absolute atomic E-state index is 13.8. The Morgan fingerprint density at radius 3 is 2.38 bits per heavy atom. The van der Waals surface area contributed by atoms with Crippen molar-refractivity contribution in [1.29, 1.82) is 0 Å². The molecule has 4 rings (SSSR count). The van der Waals surface area contributed by atoms with E-state index >= 15 is 0 Å². The number of benzene rings is 3. The molecule has 0 saturated carbocycles. The van der Waals surface area contributed by atoms with E-state index in [1.807, 2.05) is 47.4 Å². The predicted molar refractivity (Wildman–Crippen MR) is 120 cm³/mol. The summed E-state index contributed by atoms with van der Waals surface area (Å²) in [6.45, 7) is 0.678. The second-order valence-electron chi connectivity index (χ2n) is 7.59. The van der Waals surface area contributed by atoms with Crippen LogP contribution in [-0.2, 0) is 11.2 Å². The molecule has 0 saturated heterocycles. The Morgan fingerprint density at radius 1 is 0.969 bits per heavy atom. The van der Waals surface area contributed by atoms with Crippen LogP contribution in [0.15, 0.2) is 66.7 Å². The monoisotopic (exact) mass is 435 g/mol. The third-order valence-electron chi connectivity index (χ3n) is 5.72. The van der Waals surface area contributed by atoms with Gasteiger partial charge < -0.3 is 19.1 Å². The van der Waals surface area contributed by atoms with Crippen molar-refractivity contribution in [2.45, 2.75) is 18.9 Å². The van der Waals surface area contributed by atoms with E-state index in [-0.39, 0.29) is 30.7 Å². The lowest BCUT2D eigenvalue weighted by Crippen LogP contribution is -2.41. The van der Waals surface area contributed by atoms with E-state index in [0.717, 1.165) is 16.7 Å². The molecule has 1 heterocycles. The summed E-state index contributed by atoms with van der Waals surface area (Å²) >= 11 is 0. The van der Waals surface area contributed by atoms with Gasteiger partial charge >= 0.3 is 0 Å². The first-order valence-electron chi connectivity index (χ1n) is 10.6. The quantitative estimate of drug-likeness (QED) is 0.536. The van der Waals surface area contributed by atoms with Gasteiger partial charge in [0.2, 0.25) is 5.91 Å². The smallest absolute Gasteiger partial charge is 0.226 e. The number of carbonyl (C=O) groups excluding carboxylic acids is 1. The Balaban J connectivity index is 1.60. The number of hydrogen-bond acceptors (Lipinski definition) is 4. The van der Waals surface area contributed by atoms with Gasteiger partial charge in [0, 0.05) is 6.54 Å². The molecule has 166 valence electrons. The third-order valence-corrected chi connectivity index (χ3v) is 5.72. The average molecular weight is 435 g/mol. The summed E-state index contributed by atoms with van der Waals surface area (Å²) in [6, 6.07) is 19.8. The third kappa shape index (κ3) is 4.40. The van der Waals surface area contributed by atoms with Crippen LogP contribution in [0, 0.1) is 5.82 Å². The van der Waals surface area contributed by atoms with E-state index in [0.29, 0.717) is 24.5 Å². The van der Waals surface area contributed by atoms with Crippen LogP contribution in [-0.4, -0.2) is 38.2 Å². The number of methoxy groups -OCH3 is 2. The largest absolute Gasteiger partial charge is 0.493 e. The average Bonchev–Trinajstić information content (AvgIpc) is 2.84. The van der Waals surface area contributed by atoms with Crippen LogP contribution in [0.3, 0.4) is 0 Å². The lowest BCUT2D eigenvalue weighted by molar-refractivity contribution is -0.133. The molecule has 0 spiro atoms. The maximum atomic E-state index is 13.8. The van der Waals surface area contributed by atoms with Crippen molar-refractivity contribution in [1.82, 2.24) is 4.90 Å². The molecule has 1 unspecified atom stereocenters. The van der Waals surface area contributed by atoms with Gasteiger partial charge in [-0.05, 0) is 47.4 Å². The molecular formula is C26H26FNO4. The zero-order valence-electron chi connectivity index (χ0n) is 18.2. The van der Waals surface area contributed by atoms with Gasteiger partial charge in [0.05, 0.1) is 33.3 Å². The summed E-state index contributed by atoms with van der Waals surface area (Å²) in [4.78, 5) is 15.1. The molecule has 1 aliphatic rings. The Kier molecular flexibility index (Phi) is 6.59. The van der Waals surface area contributed by atoms with Crippen molar-refractivity contribution in [3.05, 3.63) is 89.2 Å². The molecule has 0 fully saturated rings. The highest BCUT2D eigenvalue weighted by Crippen LogP contribution is 2.41. The number of amides is 1. The summed E-state index contributed by atoms with van der Waals surface area (Å²) in [5, 5.41) is 0. The second-order valence-corrected chi connectivity index (χ2v) is 7.59. The SMILES string of the molecule is COc1cc2c(cc1OC)C(c1ccccc1)N(C(=O)CCOc1ccccc1F)CC2. The summed E-state index contributed by atoms with van der Waals surface area (Å²) in [7, 11) is 3.22. The minimum absolute atomic E-state index is 0.0457. The molecule has 1 atom stereocenters. The number of fused-ring (bicyclic) bond motifs is 1. The van der Waals surface area contributed by atoms with Gasteiger partial charge in [-0.25, -0.2) is 4.39 Å². The van der Waals surface area contributed by atoms with Crippen molar-refractivity contribution in [2.24, 2.45) is 0 Å². The molecule has 3 aromatic carbocycles. The topological polar surface area (TPSA) is 48.0 Å². The lowest BCUT2D eigenvalue weighted by Gasteiger charge is -2.38. The van der Waals surface area contributed by atoms with Gasteiger partial charge in [-0.3, -0.25) is 4.79 Å². The summed E-state index contributed by atoms with van der Waals surface area (Å²) in [5.74, 6) is 0.979. The molecular weight excluding hydrogens is 409 g/mol. The van der Waals surface area contributed by atoms with Crippen molar-refractivity contribution < 1.29 is 23.4 Å². The number of hydrogen-bond donors (Lipinski definition) is 0. The number of para-hydroxylation sites is 1. The molecule has 1 aliphatic heterocycles. The fourth-order valence-electron chi connectivity index (χ4n) is 4.16. The van der Waals surface area contributed by atoms with Crippen molar-refractivity contribution in [3.63, 3.8) is 0 Å². The molecule has 32 heavy (non-hydrogen) atoms. The molecule has 3 aromatic rings. The standard InChI is InChI=1S/C26H26FNO4/c1-30-23-16-19-12-14-28(25(29)13-15-32-22-11-7-6-10-21(22)27)26(18-8-4-3-5-9-18)20(19)17-24(23)31-2/h3-11,16-17,26H,12-15H2,1-2H3. The summed E-state index contributed by atoms with van der Waals surface area (Å²) < 4.78 is 30.3. The van der Waals surface area contributed by atoms with E-state index in [9.17, 15) is 9.18 Å². The van der Waals surface area contributed by atoms with Gasteiger partial charge in [0.25, 0.3) is 0 Å². The number of ether oxygens (including phenoxy) is 3. The molecule has 6 heteroatoms. The summed E-state index contributed by atoms with van der Waals surface area (Å²) in [6.07, 6.45) is 0.860. The number of halogens is 1. The molecule has 0 N–H and O–H groups in total. The first-order valence-corrected chi connectivity index (χ1v) is 10.6. The minimum atomic E-state index is -0.435. The number of nitrogens with zero attached hydrogens (tertiary/aromatic N) is 1. The van der Waals surface area contributed by atoms with Crippen LogP contribution in [0.2, 0.25) is 0 Å². The zero-order chi connectivity index (χ0) is 22.5. The fraction of sp³-hybridized carbons (Fsp3) is 0.269. The normalized spacial score (nSPS) is 15.1. The van der Waals surface area contributed by atoms with E-state index in [2.05, 4.69) is 0 Å². The van der Waals surface area contributed by atoms with E-state index in [1.54, 1.807) is 32.4 Å². The number of rotatable bonds is 7. The molecule has 5 nitrogen and oxygen atoms in total. The Hall–Kier alpha value is -3.54. The van der Waals surface area contributed by atoms with Crippen molar-refractivity contribution in [2.75, 3.05) is 27.4 Å². The summed E-state index contributed by atoms with van der Waals surface area (Å²) in [5.41, 5.74) is 3.16. The van der Waals surface area contributed by atoms with Gasteiger partial charge in [0.15, 0.2) is 23.1 Å². The van der Waals surface area contributed by atoms with Crippen LogP contribution in [0.1, 0.15) is 29.2 Å². The lowest BCUT2D eigenvalue weighted by atomic mass is 9.87. The van der Waals surface area contributed by atoms with E-state index in [1.165, 1.54) is 6.07 Å². The van der Waals surface area contributed by atoms with Gasteiger partial charge in [-0.2, -0.15) is 0 Å². The Bertz CT molecular complexity index is 1090. The molecule has 0 bridgehead atoms. The first kappa shape index (κ1) is 21.7. The van der Waals surface area contributed by atoms with Crippen molar-refractivity contribution >= 4 is 5.91 Å². The van der Waals surface area contributed by atoms with Crippen LogP contribution in [0.25, 0.3) is 0 Å². The maximum Gasteiger partial charge on any atom is 0.226 e. The van der Waals surface area contributed by atoms with E-state index in [4.69, 9.17) is 14.2 Å². The van der Waals surface area contributed by atoms with Crippen LogP contribution in [0.5, 0.6) is 17.2 Å². The molecule has 0 aromatic heterocycles. The molecule has 0 radical (unpaired) electrons. The molecule has 1 amide bonds. The van der Waals surface area contributed by atoms with E-state index < -0.39 is 5.82 Å². The van der Waals surface area contributed by atoms with Crippen molar-refractivity contribution in [3.8, 4) is 17.2 Å². The van der Waals surface area contributed by atoms with Gasteiger partial charge in [-0.15, -0.1) is 0 Å². The highest BCUT2D eigenvalue weighted by atomic mass is 19.1. The molecule has 0 aliphatic carbocycles. The highest BCUT2D eigenvalue weighted by molar-refractivity contribution is 5.78. The zero-order valence-corrected chi connectivity index (χ0v) is 18.2. The number of carbonyl (C=O) groups is 1. The van der Waals surface area contributed by atoms with Gasteiger partial charge in [-0.1, -0.05) is 42.5 Å². The Morgan fingerprint density at radius 2 is 1.66 bits per heavy atom. The predicted octanol–water partition coefficient (Wildman–Crippen LogP) is 4.79.